The van der Waals surface area contributed by atoms with Crippen molar-refractivity contribution >= 4 is 11.8 Å². The molecular formula is C22H20F2N4O2. The Labute approximate surface area is 172 Å². The van der Waals surface area contributed by atoms with E-state index in [0.29, 0.717) is 24.0 Å². The molecule has 2 fully saturated rings. The summed E-state index contributed by atoms with van der Waals surface area (Å²) >= 11 is 0. The minimum atomic E-state index is -3.11. The summed E-state index contributed by atoms with van der Waals surface area (Å²) in [5, 5.41) is 12.1. The first kappa shape index (κ1) is 20.0. The molecule has 1 N–H and O–H groups in total. The van der Waals surface area contributed by atoms with Gasteiger partial charge in [0.1, 0.15) is 5.54 Å². The highest BCUT2D eigenvalue weighted by atomic mass is 19.3. The fraction of sp³-hybridized carbons (Fsp3) is 0.364. The smallest absolute Gasteiger partial charge is 0.268 e. The van der Waals surface area contributed by atoms with Gasteiger partial charge in [0.2, 0.25) is 5.91 Å². The molecular weight excluding hydrogens is 390 g/mol. The first-order valence-electron chi connectivity index (χ1n) is 9.73. The van der Waals surface area contributed by atoms with Gasteiger partial charge in [-0.2, -0.15) is 5.26 Å². The van der Waals surface area contributed by atoms with Crippen molar-refractivity contribution in [3.8, 4) is 17.2 Å². The molecule has 1 saturated heterocycles. The van der Waals surface area contributed by atoms with E-state index in [9.17, 15) is 23.6 Å². The maximum Gasteiger partial charge on any atom is 0.268 e. The maximum atomic E-state index is 14.1. The number of hydrogen-bond donors (Lipinski definition) is 1. The monoisotopic (exact) mass is 410 g/mol. The van der Waals surface area contributed by atoms with E-state index in [-0.39, 0.29) is 5.92 Å². The Morgan fingerprint density at radius 1 is 1.23 bits per heavy atom. The van der Waals surface area contributed by atoms with Crippen LogP contribution in [0.1, 0.15) is 29.6 Å². The number of carbonyl (C=O) groups excluding carboxylic acids is 2. The van der Waals surface area contributed by atoms with Crippen LogP contribution in [0.25, 0.3) is 11.1 Å². The quantitative estimate of drug-likeness (QED) is 0.821. The predicted octanol–water partition coefficient (Wildman–Crippen LogP) is 3.02. The normalized spacial score (nSPS) is 22.4. The summed E-state index contributed by atoms with van der Waals surface area (Å²) in [6.45, 7) is -1.25. The lowest BCUT2D eigenvalue weighted by Crippen LogP contribution is -2.51. The van der Waals surface area contributed by atoms with E-state index < -0.39 is 42.8 Å². The van der Waals surface area contributed by atoms with E-state index >= 15 is 0 Å². The molecule has 154 valence electrons. The Morgan fingerprint density at radius 2 is 1.97 bits per heavy atom. The molecule has 1 aromatic heterocycles. The van der Waals surface area contributed by atoms with Crippen LogP contribution in [0.2, 0.25) is 0 Å². The summed E-state index contributed by atoms with van der Waals surface area (Å²) < 4.78 is 28.2. The van der Waals surface area contributed by atoms with Gasteiger partial charge in [0.05, 0.1) is 31.1 Å². The highest BCUT2D eigenvalue weighted by Crippen LogP contribution is 2.52. The number of likely N-dealkylation sites (tertiary alicyclic amines) is 1. The molecule has 8 heteroatoms. The third-order valence-electron chi connectivity index (χ3n) is 5.70. The standard InChI is InChI=1S/C22H20F2N4O2/c23-22(24)12-21(13-25,16-6-7-16)28(14-22)19(29)11-27-20(30)17-8-9-26-10-18(17)15-4-2-1-3-5-15/h1-5,8-10,16H,6-7,11-12,14H2,(H,27,30). The minimum Gasteiger partial charge on any atom is -0.343 e. The first-order chi connectivity index (χ1) is 14.4. The van der Waals surface area contributed by atoms with E-state index in [1.807, 2.05) is 36.4 Å². The second kappa shape index (κ2) is 7.48. The Kier molecular flexibility index (Phi) is 4.98. The second-order valence-electron chi connectivity index (χ2n) is 7.79. The maximum absolute atomic E-state index is 14.1. The predicted molar refractivity (Wildman–Crippen MR) is 104 cm³/mol. The molecule has 1 aromatic carbocycles. The van der Waals surface area contributed by atoms with Crippen molar-refractivity contribution in [2.45, 2.75) is 30.7 Å². The van der Waals surface area contributed by atoms with Crippen LogP contribution < -0.4 is 5.32 Å². The van der Waals surface area contributed by atoms with Gasteiger partial charge in [-0.3, -0.25) is 14.6 Å². The summed E-state index contributed by atoms with van der Waals surface area (Å²) in [4.78, 5) is 30.5. The van der Waals surface area contributed by atoms with Gasteiger partial charge in [-0.05, 0) is 30.4 Å². The molecule has 30 heavy (non-hydrogen) atoms. The van der Waals surface area contributed by atoms with Gasteiger partial charge in [-0.1, -0.05) is 30.3 Å². The number of hydrogen-bond acceptors (Lipinski definition) is 4. The summed E-state index contributed by atoms with van der Waals surface area (Å²) in [7, 11) is 0. The number of nitrogens with one attached hydrogen (secondary N) is 1. The summed E-state index contributed by atoms with van der Waals surface area (Å²) in [6, 6.07) is 12.7. The number of rotatable bonds is 5. The Hall–Kier alpha value is -3.34. The molecule has 1 aliphatic heterocycles. The van der Waals surface area contributed by atoms with Crippen LogP contribution >= 0.6 is 0 Å². The molecule has 1 saturated carbocycles. The number of benzene rings is 1. The van der Waals surface area contributed by atoms with Gasteiger partial charge in [-0.25, -0.2) is 8.78 Å². The van der Waals surface area contributed by atoms with Crippen molar-refractivity contribution in [3.63, 3.8) is 0 Å². The molecule has 2 amide bonds. The van der Waals surface area contributed by atoms with Gasteiger partial charge in [0, 0.05) is 18.0 Å². The number of carbonyl (C=O) groups is 2. The van der Waals surface area contributed by atoms with Crippen LogP contribution in [0.15, 0.2) is 48.8 Å². The highest BCUT2D eigenvalue weighted by molar-refractivity contribution is 6.02. The molecule has 4 rings (SSSR count). The highest BCUT2D eigenvalue weighted by Gasteiger charge is 2.62. The fourth-order valence-corrected chi connectivity index (χ4v) is 4.13. The zero-order valence-electron chi connectivity index (χ0n) is 16.1. The average Bonchev–Trinajstić information content (AvgIpc) is 3.57. The van der Waals surface area contributed by atoms with Gasteiger partial charge < -0.3 is 10.2 Å². The van der Waals surface area contributed by atoms with Crippen LogP contribution in [0.4, 0.5) is 8.78 Å². The lowest BCUT2D eigenvalue weighted by molar-refractivity contribution is -0.134. The number of aromatic nitrogens is 1. The molecule has 0 spiro atoms. The number of halogens is 2. The molecule has 0 bridgehead atoms. The summed E-state index contributed by atoms with van der Waals surface area (Å²) in [5.41, 5.74) is 0.222. The molecule has 6 nitrogen and oxygen atoms in total. The fourth-order valence-electron chi connectivity index (χ4n) is 4.13. The Bertz CT molecular complexity index is 1020. The number of alkyl halides is 2. The molecule has 2 aromatic rings. The zero-order chi connectivity index (χ0) is 21.4. The average molecular weight is 410 g/mol. The van der Waals surface area contributed by atoms with Crippen LogP contribution in [0.5, 0.6) is 0 Å². The van der Waals surface area contributed by atoms with Gasteiger partial charge in [-0.15, -0.1) is 0 Å². The number of nitrogens with zero attached hydrogens (tertiary/aromatic N) is 3. The lowest BCUT2D eigenvalue weighted by atomic mass is 9.91. The third-order valence-corrected chi connectivity index (χ3v) is 5.70. The largest absolute Gasteiger partial charge is 0.343 e. The van der Waals surface area contributed by atoms with E-state index in [1.54, 1.807) is 6.20 Å². The third kappa shape index (κ3) is 3.63. The van der Waals surface area contributed by atoms with E-state index in [2.05, 4.69) is 10.3 Å². The Morgan fingerprint density at radius 3 is 2.63 bits per heavy atom. The van der Waals surface area contributed by atoms with Crippen LogP contribution in [-0.2, 0) is 4.79 Å². The molecule has 2 aliphatic rings. The Balaban J connectivity index is 1.50. The van der Waals surface area contributed by atoms with Crippen molar-refractivity contribution in [1.82, 2.24) is 15.2 Å². The number of nitriles is 1. The molecule has 0 radical (unpaired) electrons. The van der Waals surface area contributed by atoms with E-state index in [1.165, 1.54) is 12.3 Å². The molecule has 1 aliphatic carbocycles. The minimum absolute atomic E-state index is 0.236. The summed E-state index contributed by atoms with van der Waals surface area (Å²) in [5.74, 6) is -4.53. The number of pyridine rings is 1. The second-order valence-corrected chi connectivity index (χ2v) is 7.79. The SMILES string of the molecule is N#CC1(C2CC2)CC(F)(F)CN1C(=O)CNC(=O)c1ccncc1-c1ccccc1. The van der Waals surface area contributed by atoms with Gasteiger partial charge >= 0.3 is 0 Å². The van der Waals surface area contributed by atoms with E-state index in [0.717, 1.165) is 10.5 Å². The van der Waals surface area contributed by atoms with Crippen molar-refractivity contribution in [1.29, 1.82) is 5.26 Å². The van der Waals surface area contributed by atoms with E-state index in [4.69, 9.17) is 0 Å². The van der Waals surface area contributed by atoms with Crippen molar-refractivity contribution < 1.29 is 18.4 Å². The van der Waals surface area contributed by atoms with Crippen molar-refractivity contribution in [2.24, 2.45) is 5.92 Å². The first-order valence-corrected chi connectivity index (χ1v) is 9.73. The summed E-state index contributed by atoms with van der Waals surface area (Å²) in [6.07, 6.45) is 3.68. The van der Waals surface area contributed by atoms with Gasteiger partial charge in [0.15, 0.2) is 0 Å². The zero-order valence-corrected chi connectivity index (χ0v) is 16.1. The number of amides is 2. The molecule has 1 atom stereocenters. The van der Waals surface area contributed by atoms with Crippen molar-refractivity contribution in [2.75, 3.05) is 13.1 Å². The van der Waals surface area contributed by atoms with Crippen LogP contribution in [0.3, 0.4) is 0 Å². The van der Waals surface area contributed by atoms with Crippen molar-refractivity contribution in [3.05, 3.63) is 54.4 Å². The van der Waals surface area contributed by atoms with Gasteiger partial charge in [0.25, 0.3) is 11.8 Å². The molecule has 1 unspecified atom stereocenters. The van der Waals surface area contributed by atoms with Crippen LogP contribution in [-0.4, -0.2) is 46.2 Å². The molecule has 2 heterocycles. The lowest BCUT2D eigenvalue weighted by Gasteiger charge is -2.31. The van der Waals surface area contributed by atoms with Crippen LogP contribution in [0, 0.1) is 17.2 Å². The topological polar surface area (TPSA) is 86.1 Å².